The second kappa shape index (κ2) is 4.12. The number of benzene rings is 1. The lowest BCUT2D eigenvalue weighted by atomic mass is 10.1. The second-order valence-corrected chi connectivity index (χ2v) is 4.36. The Bertz CT molecular complexity index is 415. The standard InChI is InChI=1S/C12H15FN2O/c1-15(7-8-2-3-8)12(16)10-5-4-9(13)6-11(10)14/h4-6,8H,2-3,7,14H2,1H3. The highest BCUT2D eigenvalue weighted by Gasteiger charge is 2.25. The third-order valence-electron chi connectivity index (χ3n) is 2.82. The Morgan fingerprint density at radius 2 is 2.25 bits per heavy atom. The summed E-state index contributed by atoms with van der Waals surface area (Å²) in [6.07, 6.45) is 2.38. The first-order chi connectivity index (χ1) is 7.58. The maximum atomic E-state index is 12.8. The van der Waals surface area contributed by atoms with Crippen LogP contribution in [0.4, 0.5) is 10.1 Å². The molecule has 2 rings (SSSR count). The topological polar surface area (TPSA) is 46.3 Å². The van der Waals surface area contributed by atoms with Crippen LogP contribution in [0, 0.1) is 11.7 Å². The molecule has 3 nitrogen and oxygen atoms in total. The molecule has 1 amide bonds. The lowest BCUT2D eigenvalue weighted by Crippen LogP contribution is -2.29. The predicted octanol–water partition coefficient (Wildman–Crippen LogP) is 1.89. The highest BCUT2D eigenvalue weighted by molar-refractivity contribution is 5.98. The van der Waals surface area contributed by atoms with E-state index >= 15 is 0 Å². The molecule has 0 atom stereocenters. The van der Waals surface area contributed by atoms with E-state index in [-0.39, 0.29) is 11.6 Å². The Labute approximate surface area is 94.0 Å². The summed E-state index contributed by atoms with van der Waals surface area (Å²) in [5, 5.41) is 0. The van der Waals surface area contributed by atoms with E-state index in [0.717, 1.165) is 6.54 Å². The molecule has 1 aromatic carbocycles. The van der Waals surface area contributed by atoms with Gasteiger partial charge >= 0.3 is 0 Å². The molecule has 86 valence electrons. The van der Waals surface area contributed by atoms with Gasteiger partial charge in [0.25, 0.3) is 5.91 Å². The summed E-state index contributed by atoms with van der Waals surface area (Å²) in [5.74, 6) is 0.0823. The largest absolute Gasteiger partial charge is 0.398 e. The number of nitrogen functional groups attached to an aromatic ring is 1. The van der Waals surface area contributed by atoms with Crippen LogP contribution in [0.15, 0.2) is 18.2 Å². The highest BCUT2D eigenvalue weighted by Crippen LogP contribution is 2.30. The minimum Gasteiger partial charge on any atom is -0.398 e. The molecular formula is C12H15FN2O. The van der Waals surface area contributed by atoms with Crippen molar-refractivity contribution in [3.8, 4) is 0 Å². The lowest BCUT2D eigenvalue weighted by molar-refractivity contribution is 0.0789. The smallest absolute Gasteiger partial charge is 0.255 e. The molecule has 0 bridgehead atoms. The zero-order valence-electron chi connectivity index (χ0n) is 9.24. The molecule has 0 unspecified atom stereocenters. The number of hydrogen-bond acceptors (Lipinski definition) is 2. The second-order valence-electron chi connectivity index (χ2n) is 4.36. The van der Waals surface area contributed by atoms with E-state index in [4.69, 9.17) is 5.73 Å². The molecule has 0 radical (unpaired) electrons. The average Bonchev–Trinajstić information content (AvgIpc) is 3.00. The maximum Gasteiger partial charge on any atom is 0.255 e. The van der Waals surface area contributed by atoms with Crippen molar-refractivity contribution in [1.82, 2.24) is 4.90 Å². The molecule has 1 aliphatic carbocycles. The van der Waals surface area contributed by atoms with E-state index in [9.17, 15) is 9.18 Å². The van der Waals surface area contributed by atoms with Crippen molar-refractivity contribution >= 4 is 11.6 Å². The van der Waals surface area contributed by atoms with Crippen molar-refractivity contribution in [2.24, 2.45) is 5.92 Å². The van der Waals surface area contributed by atoms with Crippen LogP contribution in [0.5, 0.6) is 0 Å². The Balaban J connectivity index is 2.12. The summed E-state index contributed by atoms with van der Waals surface area (Å²) in [6, 6.07) is 3.88. The molecule has 1 aliphatic rings. The van der Waals surface area contributed by atoms with Crippen LogP contribution in [0.25, 0.3) is 0 Å². The molecule has 0 spiro atoms. The van der Waals surface area contributed by atoms with Gasteiger partial charge in [0.15, 0.2) is 0 Å². The van der Waals surface area contributed by atoms with Crippen LogP contribution in [0.3, 0.4) is 0 Å². The van der Waals surface area contributed by atoms with Crippen LogP contribution < -0.4 is 5.73 Å². The quantitative estimate of drug-likeness (QED) is 0.794. The van der Waals surface area contributed by atoms with Crippen LogP contribution in [-0.2, 0) is 0 Å². The van der Waals surface area contributed by atoms with Gasteiger partial charge in [-0.15, -0.1) is 0 Å². The van der Waals surface area contributed by atoms with Gasteiger partial charge in [-0.1, -0.05) is 0 Å². The molecular weight excluding hydrogens is 207 g/mol. The van der Waals surface area contributed by atoms with Crippen LogP contribution in [0.2, 0.25) is 0 Å². The van der Waals surface area contributed by atoms with Gasteiger partial charge in [0, 0.05) is 19.3 Å². The van der Waals surface area contributed by atoms with Crippen LogP contribution in [-0.4, -0.2) is 24.4 Å². The van der Waals surface area contributed by atoms with Gasteiger partial charge in [-0.2, -0.15) is 0 Å². The summed E-state index contributed by atoms with van der Waals surface area (Å²) in [6.45, 7) is 0.760. The monoisotopic (exact) mass is 222 g/mol. The minimum atomic E-state index is -0.418. The zero-order chi connectivity index (χ0) is 11.7. The Hall–Kier alpha value is -1.58. The van der Waals surface area contributed by atoms with Crippen molar-refractivity contribution in [3.63, 3.8) is 0 Å². The predicted molar refractivity (Wildman–Crippen MR) is 60.5 cm³/mol. The minimum absolute atomic E-state index is 0.135. The van der Waals surface area contributed by atoms with Crippen molar-refractivity contribution in [2.75, 3.05) is 19.3 Å². The molecule has 2 N–H and O–H groups in total. The molecule has 4 heteroatoms. The molecule has 0 heterocycles. The lowest BCUT2D eigenvalue weighted by Gasteiger charge is -2.17. The van der Waals surface area contributed by atoms with Crippen molar-refractivity contribution in [2.45, 2.75) is 12.8 Å². The first-order valence-corrected chi connectivity index (χ1v) is 5.38. The Kier molecular flexibility index (Phi) is 2.81. The van der Waals surface area contributed by atoms with Crippen molar-refractivity contribution in [3.05, 3.63) is 29.6 Å². The number of rotatable bonds is 3. The number of nitrogens with zero attached hydrogens (tertiary/aromatic N) is 1. The summed E-state index contributed by atoms with van der Waals surface area (Å²) in [4.78, 5) is 13.6. The average molecular weight is 222 g/mol. The Morgan fingerprint density at radius 1 is 1.56 bits per heavy atom. The van der Waals surface area contributed by atoms with E-state index in [2.05, 4.69) is 0 Å². The zero-order valence-corrected chi connectivity index (χ0v) is 9.24. The number of carbonyl (C=O) groups is 1. The normalized spacial score (nSPS) is 14.9. The molecule has 0 aromatic heterocycles. The van der Waals surface area contributed by atoms with Gasteiger partial charge in [0.05, 0.1) is 5.56 Å². The molecule has 0 aliphatic heterocycles. The fourth-order valence-corrected chi connectivity index (χ4v) is 1.70. The molecule has 0 saturated heterocycles. The number of anilines is 1. The summed E-state index contributed by atoms with van der Waals surface area (Å²) < 4.78 is 12.8. The van der Waals surface area contributed by atoms with Gasteiger partial charge in [-0.25, -0.2) is 4.39 Å². The molecule has 1 saturated carbocycles. The van der Waals surface area contributed by atoms with Gasteiger partial charge in [-0.05, 0) is 37.0 Å². The van der Waals surface area contributed by atoms with Crippen molar-refractivity contribution in [1.29, 1.82) is 0 Å². The third kappa shape index (κ3) is 2.32. The first-order valence-electron chi connectivity index (χ1n) is 5.38. The van der Waals surface area contributed by atoms with E-state index in [1.54, 1.807) is 11.9 Å². The van der Waals surface area contributed by atoms with E-state index in [1.807, 2.05) is 0 Å². The fraction of sp³-hybridized carbons (Fsp3) is 0.417. The number of amides is 1. The maximum absolute atomic E-state index is 12.8. The molecule has 16 heavy (non-hydrogen) atoms. The van der Waals surface area contributed by atoms with Crippen LogP contribution in [0.1, 0.15) is 23.2 Å². The first kappa shape index (κ1) is 10.9. The highest BCUT2D eigenvalue weighted by atomic mass is 19.1. The van der Waals surface area contributed by atoms with E-state index in [0.29, 0.717) is 11.5 Å². The number of carbonyl (C=O) groups excluding carboxylic acids is 1. The van der Waals surface area contributed by atoms with Gasteiger partial charge in [0.1, 0.15) is 5.82 Å². The molecule has 1 aromatic rings. The third-order valence-corrected chi connectivity index (χ3v) is 2.82. The van der Waals surface area contributed by atoms with E-state index in [1.165, 1.54) is 31.0 Å². The summed E-state index contributed by atoms with van der Waals surface area (Å²) in [5.41, 5.74) is 6.20. The SMILES string of the molecule is CN(CC1CC1)C(=O)c1ccc(F)cc1N. The number of nitrogens with two attached hydrogens (primary N) is 1. The summed E-state index contributed by atoms with van der Waals surface area (Å²) in [7, 11) is 1.75. The fourth-order valence-electron chi connectivity index (χ4n) is 1.70. The van der Waals surface area contributed by atoms with E-state index < -0.39 is 5.82 Å². The van der Waals surface area contributed by atoms with Gasteiger partial charge in [-0.3, -0.25) is 4.79 Å². The number of hydrogen-bond donors (Lipinski definition) is 1. The number of halogens is 1. The van der Waals surface area contributed by atoms with Crippen LogP contribution >= 0.6 is 0 Å². The van der Waals surface area contributed by atoms with Crippen molar-refractivity contribution < 1.29 is 9.18 Å². The van der Waals surface area contributed by atoms with Gasteiger partial charge in [0.2, 0.25) is 0 Å². The molecule has 1 fully saturated rings. The summed E-state index contributed by atoms with van der Waals surface area (Å²) >= 11 is 0. The van der Waals surface area contributed by atoms with Gasteiger partial charge < -0.3 is 10.6 Å². The Morgan fingerprint density at radius 3 is 2.81 bits per heavy atom.